The summed E-state index contributed by atoms with van der Waals surface area (Å²) >= 11 is 0. The van der Waals surface area contributed by atoms with Gasteiger partial charge in [-0.1, -0.05) is 26.7 Å². The van der Waals surface area contributed by atoms with Crippen molar-refractivity contribution < 1.29 is 4.74 Å². The van der Waals surface area contributed by atoms with Gasteiger partial charge in [0.25, 0.3) is 0 Å². The van der Waals surface area contributed by atoms with E-state index in [1.165, 1.54) is 25.7 Å². The fourth-order valence-corrected chi connectivity index (χ4v) is 2.29. The van der Waals surface area contributed by atoms with Crippen LogP contribution in [0.1, 0.15) is 39.5 Å². The van der Waals surface area contributed by atoms with E-state index in [1.807, 2.05) is 0 Å². The van der Waals surface area contributed by atoms with Crippen LogP contribution in [0.3, 0.4) is 0 Å². The van der Waals surface area contributed by atoms with Crippen molar-refractivity contribution in [3.63, 3.8) is 0 Å². The molecule has 0 bridgehead atoms. The van der Waals surface area contributed by atoms with Crippen LogP contribution in [0, 0.1) is 11.8 Å². The van der Waals surface area contributed by atoms with Crippen molar-refractivity contribution in [2.45, 2.75) is 45.6 Å². The molecule has 0 spiro atoms. The highest BCUT2D eigenvalue weighted by Gasteiger charge is 2.25. The fourth-order valence-electron chi connectivity index (χ4n) is 2.29. The molecule has 0 aromatic carbocycles. The van der Waals surface area contributed by atoms with Gasteiger partial charge >= 0.3 is 0 Å². The van der Waals surface area contributed by atoms with Gasteiger partial charge in [0.15, 0.2) is 0 Å². The van der Waals surface area contributed by atoms with Crippen LogP contribution in [0.5, 0.6) is 0 Å². The van der Waals surface area contributed by atoms with E-state index in [9.17, 15) is 0 Å². The molecule has 2 N–H and O–H groups in total. The summed E-state index contributed by atoms with van der Waals surface area (Å²) in [7, 11) is 0. The van der Waals surface area contributed by atoms with E-state index in [2.05, 4.69) is 13.8 Å². The molecule has 0 amide bonds. The molecule has 1 aliphatic heterocycles. The van der Waals surface area contributed by atoms with Crippen LogP contribution < -0.4 is 5.73 Å². The lowest BCUT2D eigenvalue weighted by molar-refractivity contribution is 0.0353. The van der Waals surface area contributed by atoms with Crippen molar-refractivity contribution in [3.05, 3.63) is 0 Å². The van der Waals surface area contributed by atoms with Crippen LogP contribution in [0.2, 0.25) is 0 Å². The summed E-state index contributed by atoms with van der Waals surface area (Å²) in [5, 5.41) is 0. The van der Waals surface area contributed by atoms with Gasteiger partial charge in [0, 0.05) is 12.6 Å². The fraction of sp³-hybridized carbons (Fsp3) is 1.00. The number of rotatable bonds is 4. The monoisotopic (exact) mass is 185 g/mol. The van der Waals surface area contributed by atoms with Gasteiger partial charge in [-0.3, -0.25) is 0 Å². The minimum absolute atomic E-state index is 0.357. The highest BCUT2D eigenvalue weighted by atomic mass is 16.5. The Morgan fingerprint density at radius 2 is 2.08 bits per heavy atom. The summed E-state index contributed by atoms with van der Waals surface area (Å²) < 4.78 is 5.46. The molecule has 2 heteroatoms. The third-order valence-corrected chi connectivity index (χ3v) is 3.33. The van der Waals surface area contributed by atoms with Gasteiger partial charge in [0.1, 0.15) is 0 Å². The third kappa shape index (κ3) is 2.96. The zero-order chi connectivity index (χ0) is 9.68. The Balaban J connectivity index is 2.38. The molecule has 0 aliphatic carbocycles. The Kier molecular flexibility index (Phi) is 4.74. The van der Waals surface area contributed by atoms with Crippen molar-refractivity contribution in [2.75, 3.05) is 13.2 Å². The second-order valence-electron chi connectivity index (χ2n) is 4.13. The molecular weight excluding hydrogens is 162 g/mol. The zero-order valence-electron chi connectivity index (χ0n) is 8.96. The highest BCUT2D eigenvalue weighted by molar-refractivity contribution is 4.80. The number of nitrogens with two attached hydrogens (primary N) is 1. The third-order valence-electron chi connectivity index (χ3n) is 3.33. The van der Waals surface area contributed by atoms with Crippen LogP contribution in [0.4, 0.5) is 0 Å². The number of hydrogen-bond acceptors (Lipinski definition) is 2. The molecule has 78 valence electrons. The Labute approximate surface area is 81.8 Å². The molecule has 1 aliphatic rings. The maximum atomic E-state index is 6.23. The van der Waals surface area contributed by atoms with Gasteiger partial charge in [-0.25, -0.2) is 0 Å². The first-order valence-corrected chi connectivity index (χ1v) is 5.62. The van der Waals surface area contributed by atoms with E-state index in [-0.39, 0.29) is 0 Å². The minimum Gasteiger partial charge on any atom is -0.381 e. The smallest absolute Gasteiger partial charge is 0.0509 e. The molecule has 2 atom stereocenters. The van der Waals surface area contributed by atoms with Crippen LogP contribution in [0.25, 0.3) is 0 Å². The largest absolute Gasteiger partial charge is 0.381 e. The van der Waals surface area contributed by atoms with Crippen molar-refractivity contribution in [1.29, 1.82) is 0 Å². The van der Waals surface area contributed by atoms with Gasteiger partial charge in [-0.05, 0) is 24.7 Å². The zero-order valence-corrected chi connectivity index (χ0v) is 8.96. The predicted octanol–water partition coefficient (Wildman–Crippen LogP) is 2.18. The summed E-state index contributed by atoms with van der Waals surface area (Å²) in [6, 6.07) is 0.357. The van der Waals surface area contributed by atoms with Gasteiger partial charge in [0.05, 0.1) is 6.61 Å². The van der Waals surface area contributed by atoms with Crippen molar-refractivity contribution in [1.82, 2.24) is 0 Å². The lowest BCUT2D eigenvalue weighted by Crippen LogP contribution is -2.41. The van der Waals surface area contributed by atoms with Crippen LogP contribution >= 0.6 is 0 Å². The molecule has 2 unspecified atom stereocenters. The summed E-state index contributed by atoms with van der Waals surface area (Å²) in [6.07, 6.45) is 4.86. The Bertz CT molecular complexity index is 128. The summed E-state index contributed by atoms with van der Waals surface area (Å²) in [4.78, 5) is 0. The van der Waals surface area contributed by atoms with Crippen molar-refractivity contribution in [3.8, 4) is 0 Å². The maximum absolute atomic E-state index is 6.23. The second-order valence-corrected chi connectivity index (χ2v) is 4.13. The van der Waals surface area contributed by atoms with Crippen LogP contribution in [-0.4, -0.2) is 19.3 Å². The second kappa shape index (κ2) is 5.61. The molecule has 1 heterocycles. The summed E-state index contributed by atoms with van der Waals surface area (Å²) in [5.74, 6) is 1.30. The molecular formula is C11H23NO. The first-order valence-electron chi connectivity index (χ1n) is 5.62. The Morgan fingerprint density at radius 1 is 1.38 bits per heavy atom. The average molecular weight is 185 g/mol. The first-order chi connectivity index (χ1) is 6.29. The Hall–Kier alpha value is -0.0800. The molecule has 2 nitrogen and oxygen atoms in total. The topological polar surface area (TPSA) is 35.2 Å². The van der Waals surface area contributed by atoms with E-state index < -0.39 is 0 Å². The molecule has 0 aromatic heterocycles. The predicted molar refractivity (Wildman–Crippen MR) is 55.6 cm³/mol. The SMILES string of the molecule is CCC(CC)C(N)C1CCCOC1. The van der Waals surface area contributed by atoms with E-state index in [0.29, 0.717) is 17.9 Å². The molecule has 0 saturated carbocycles. The standard InChI is InChI=1S/C11H23NO/c1-3-9(4-2)11(12)10-6-5-7-13-8-10/h9-11H,3-8,12H2,1-2H3. The average Bonchev–Trinajstić information content (AvgIpc) is 2.21. The molecule has 13 heavy (non-hydrogen) atoms. The quantitative estimate of drug-likeness (QED) is 0.728. The Morgan fingerprint density at radius 3 is 2.54 bits per heavy atom. The molecule has 1 rings (SSSR count). The summed E-state index contributed by atoms with van der Waals surface area (Å²) in [6.45, 7) is 6.29. The summed E-state index contributed by atoms with van der Waals surface area (Å²) in [5.41, 5.74) is 6.23. The molecule has 0 aromatic rings. The van der Waals surface area contributed by atoms with Crippen molar-refractivity contribution >= 4 is 0 Å². The normalized spacial score (nSPS) is 26.3. The lowest BCUT2D eigenvalue weighted by Gasteiger charge is -2.32. The lowest BCUT2D eigenvalue weighted by atomic mass is 9.83. The van der Waals surface area contributed by atoms with E-state index in [1.54, 1.807) is 0 Å². The van der Waals surface area contributed by atoms with Gasteiger partial charge < -0.3 is 10.5 Å². The van der Waals surface area contributed by atoms with Crippen LogP contribution in [-0.2, 0) is 4.74 Å². The molecule has 1 saturated heterocycles. The first kappa shape index (κ1) is 11.0. The van der Waals surface area contributed by atoms with E-state index in [0.717, 1.165) is 13.2 Å². The minimum atomic E-state index is 0.357. The van der Waals surface area contributed by atoms with Gasteiger partial charge in [0.2, 0.25) is 0 Å². The highest BCUT2D eigenvalue weighted by Crippen LogP contribution is 2.24. The van der Waals surface area contributed by atoms with E-state index >= 15 is 0 Å². The van der Waals surface area contributed by atoms with Gasteiger partial charge in [-0.2, -0.15) is 0 Å². The van der Waals surface area contributed by atoms with E-state index in [4.69, 9.17) is 10.5 Å². The molecule has 0 radical (unpaired) electrons. The number of hydrogen-bond donors (Lipinski definition) is 1. The van der Waals surface area contributed by atoms with Gasteiger partial charge in [-0.15, -0.1) is 0 Å². The van der Waals surface area contributed by atoms with Crippen molar-refractivity contribution in [2.24, 2.45) is 17.6 Å². The van der Waals surface area contributed by atoms with Crippen LogP contribution in [0.15, 0.2) is 0 Å². The number of ether oxygens (including phenoxy) is 1. The molecule has 1 fully saturated rings. The maximum Gasteiger partial charge on any atom is 0.0509 e.